The van der Waals surface area contributed by atoms with Gasteiger partial charge in [-0.3, -0.25) is 10.1 Å². The molecule has 0 atom stereocenters. The maximum Gasteiger partial charge on any atom is 0.410 e. The van der Waals surface area contributed by atoms with Crippen LogP contribution < -0.4 is 4.90 Å². The number of hydrogen-bond donors (Lipinski definition) is 0. The maximum atomic E-state index is 12.3. The van der Waals surface area contributed by atoms with Crippen molar-refractivity contribution < 1.29 is 14.5 Å². The van der Waals surface area contributed by atoms with Crippen molar-refractivity contribution in [3.63, 3.8) is 0 Å². The standard InChI is InChI=1S/C17H27N5O4/c1-16(2,3)26-15(23)21-10-7-17(12-21)5-8-20(9-6-17)14-13(22(24)25)11-18-19(14)4/h11H,5-10,12H2,1-4H3. The highest BCUT2D eigenvalue weighted by Gasteiger charge is 2.44. The third kappa shape index (κ3) is 3.61. The molecule has 9 nitrogen and oxygen atoms in total. The van der Waals surface area contributed by atoms with Crippen LogP contribution >= 0.6 is 0 Å². The Hall–Kier alpha value is -2.32. The Kier molecular flexibility index (Phi) is 4.58. The van der Waals surface area contributed by atoms with E-state index in [2.05, 4.69) is 5.10 Å². The monoisotopic (exact) mass is 365 g/mol. The van der Waals surface area contributed by atoms with E-state index >= 15 is 0 Å². The first-order valence-electron chi connectivity index (χ1n) is 9.00. The number of nitro groups is 1. The summed E-state index contributed by atoms with van der Waals surface area (Å²) in [7, 11) is 1.73. The zero-order chi connectivity index (χ0) is 19.1. The van der Waals surface area contributed by atoms with E-state index in [9.17, 15) is 14.9 Å². The largest absolute Gasteiger partial charge is 0.444 e. The highest BCUT2D eigenvalue weighted by molar-refractivity contribution is 5.68. The number of nitrogens with zero attached hydrogens (tertiary/aromatic N) is 5. The van der Waals surface area contributed by atoms with Crippen LogP contribution in [0.4, 0.5) is 16.3 Å². The van der Waals surface area contributed by atoms with E-state index in [-0.39, 0.29) is 22.1 Å². The average Bonchev–Trinajstić information content (AvgIpc) is 3.11. The Morgan fingerprint density at radius 3 is 2.46 bits per heavy atom. The van der Waals surface area contributed by atoms with E-state index < -0.39 is 5.60 Å². The number of aromatic nitrogens is 2. The van der Waals surface area contributed by atoms with Gasteiger partial charge in [0.25, 0.3) is 0 Å². The van der Waals surface area contributed by atoms with E-state index in [1.165, 1.54) is 6.20 Å². The van der Waals surface area contributed by atoms with E-state index in [1.54, 1.807) is 16.6 Å². The number of hydrogen-bond acceptors (Lipinski definition) is 6. The van der Waals surface area contributed by atoms with Gasteiger partial charge in [-0.2, -0.15) is 5.10 Å². The van der Waals surface area contributed by atoms with E-state index in [0.717, 1.165) is 32.4 Å². The van der Waals surface area contributed by atoms with Gasteiger partial charge in [0.2, 0.25) is 5.82 Å². The lowest BCUT2D eigenvalue weighted by Gasteiger charge is -2.39. The van der Waals surface area contributed by atoms with Crippen LogP contribution in [0.15, 0.2) is 6.20 Å². The summed E-state index contributed by atoms with van der Waals surface area (Å²) in [5, 5.41) is 15.3. The normalized spacial score (nSPS) is 19.8. The van der Waals surface area contributed by atoms with Crippen LogP contribution in [0.3, 0.4) is 0 Å². The Morgan fingerprint density at radius 1 is 1.27 bits per heavy atom. The lowest BCUT2D eigenvalue weighted by atomic mass is 9.78. The molecule has 0 unspecified atom stereocenters. The van der Waals surface area contributed by atoms with Gasteiger partial charge in [-0.1, -0.05) is 0 Å². The van der Waals surface area contributed by atoms with Crippen molar-refractivity contribution in [1.82, 2.24) is 14.7 Å². The van der Waals surface area contributed by atoms with Gasteiger partial charge < -0.3 is 14.5 Å². The van der Waals surface area contributed by atoms with Gasteiger partial charge >= 0.3 is 11.8 Å². The summed E-state index contributed by atoms with van der Waals surface area (Å²) in [6.07, 6.45) is 3.80. The molecule has 1 amide bonds. The molecule has 2 saturated heterocycles. The summed E-state index contributed by atoms with van der Waals surface area (Å²) in [6, 6.07) is 0. The van der Waals surface area contributed by atoms with Gasteiger partial charge in [0.05, 0.1) is 4.92 Å². The van der Waals surface area contributed by atoms with Crippen LogP contribution in [0.1, 0.15) is 40.0 Å². The summed E-state index contributed by atoms with van der Waals surface area (Å²) < 4.78 is 7.05. The second-order valence-electron chi connectivity index (χ2n) is 8.37. The van der Waals surface area contributed by atoms with Crippen molar-refractivity contribution in [2.45, 2.75) is 45.6 Å². The quantitative estimate of drug-likeness (QED) is 0.590. The number of amides is 1. The zero-order valence-electron chi connectivity index (χ0n) is 15.9. The first kappa shape index (κ1) is 18.5. The Labute approximate surface area is 153 Å². The average molecular weight is 365 g/mol. The minimum atomic E-state index is -0.491. The fourth-order valence-corrected chi connectivity index (χ4v) is 3.93. The van der Waals surface area contributed by atoms with Gasteiger partial charge in [0.1, 0.15) is 11.8 Å². The van der Waals surface area contributed by atoms with Crippen LogP contribution in [-0.2, 0) is 11.8 Å². The molecular weight excluding hydrogens is 338 g/mol. The second kappa shape index (κ2) is 6.44. The number of ether oxygens (including phenoxy) is 1. The lowest BCUT2D eigenvalue weighted by molar-refractivity contribution is -0.384. The second-order valence-corrected chi connectivity index (χ2v) is 8.37. The molecule has 26 heavy (non-hydrogen) atoms. The maximum absolute atomic E-state index is 12.3. The molecule has 144 valence electrons. The van der Waals surface area contributed by atoms with Crippen molar-refractivity contribution in [2.75, 3.05) is 31.1 Å². The molecular formula is C17H27N5O4. The molecule has 0 bridgehead atoms. The third-order valence-corrected chi connectivity index (χ3v) is 5.30. The molecule has 0 aliphatic carbocycles. The molecule has 3 heterocycles. The van der Waals surface area contributed by atoms with E-state index in [4.69, 9.17) is 4.74 Å². The summed E-state index contributed by atoms with van der Waals surface area (Å²) in [5.74, 6) is 0.562. The molecule has 2 aliphatic heterocycles. The molecule has 2 aliphatic rings. The van der Waals surface area contributed by atoms with Crippen molar-refractivity contribution >= 4 is 17.6 Å². The number of carbonyl (C=O) groups excluding carboxylic acids is 1. The SMILES string of the molecule is Cn1ncc([N+](=O)[O-])c1N1CCC2(CCN(C(=O)OC(C)(C)C)C2)CC1. The lowest BCUT2D eigenvalue weighted by Crippen LogP contribution is -2.43. The number of piperidine rings is 1. The van der Waals surface area contributed by atoms with Gasteiger partial charge in [-0.25, -0.2) is 9.48 Å². The summed E-state index contributed by atoms with van der Waals surface area (Å²) in [6.45, 7) is 8.47. The van der Waals surface area contributed by atoms with Crippen molar-refractivity contribution in [2.24, 2.45) is 12.5 Å². The van der Waals surface area contributed by atoms with Crippen LogP contribution in [0.25, 0.3) is 0 Å². The molecule has 0 aromatic carbocycles. The van der Waals surface area contributed by atoms with E-state index in [1.807, 2.05) is 25.7 Å². The highest BCUT2D eigenvalue weighted by Crippen LogP contribution is 2.42. The van der Waals surface area contributed by atoms with E-state index in [0.29, 0.717) is 18.9 Å². The number of anilines is 1. The van der Waals surface area contributed by atoms with Crippen molar-refractivity contribution in [1.29, 1.82) is 0 Å². The van der Waals surface area contributed by atoms with Crippen LogP contribution in [0.5, 0.6) is 0 Å². The topological polar surface area (TPSA) is 93.7 Å². The fraction of sp³-hybridized carbons (Fsp3) is 0.765. The molecule has 0 saturated carbocycles. The number of carbonyl (C=O) groups is 1. The highest BCUT2D eigenvalue weighted by atomic mass is 16.6. The fourth-order valence-electron chi connectivity index (χ4n) is 3.93. The van der Waals surface area contributed by atoms with Crippen LogP contribution in [0.2, 0.25) is 0 Å². The minimum Gasteiger partial charge on any atom is -0.444 e. The van der Waals surface area contributed by atoms with Crippen LogP contribution in [-0.4, -0.2) is 57.5 Å². The van der Waals surface area contributed by atoms with Crippen molar-refractivity contribution in [3.05, 3.63) is 16.3 Å². The number of rotatable bonds is 2. The first-order chi connectivity index (χ1) is 12.1. The molecule has 1 spiro atoms. The first-order valence-corrected chi connectivity index (χ1v) is 9.00. The molecule has 2 fully saturated rings. The summed E-state index contributed by atoms with van der Waals surface area (Å²) in [4.78, 5) is 27.0. The minimum absolute atomic E-state index is 0.0465. The predicted molar refractivity (Wildman–Crippen MR) is 96.2 cm³/mol. The van der Waals surface area contributed by atoms with Gasteiger partial charge in [-0.15, -0.1) is 0 Å². The van der Waals surface area contributed by atoms with Crippen molar-refractivity contribution in [3.8, 4) is 0 Å². The summed E-state index contributed by atoms with van der Waals surface area (Å²) in [5.41, 5.74) is -0.361. The van der Waals surface area contributed by atoms with Gasteiger partial charge in [0, 0.05) is 33.2 Å². The molecule has 9 heteroatoms. The molecule has 3 rings (SSSR count). The van der Waals surface area contributed by atoms with Gasteiger partial charge in [0.15, 0.2) is 0 Å². The summed E-state index contributed by atoms with van der Waals surface area (Å²) >= 11 is 0. The predicted octanol–water partition coefficient (Wildman–Crippen LogP) is 2.56. The zero-order valence-corrected chi connectivity index (χ0v) is 15.9. The Morgan fingerprint density at radius 2 is 1.88 bits per heavy atom. The Balaban J connectivity index is 1.63. The third-order valence-electron chi connectivity index (χ3n) is 5.30. The van der Waals surface area contributed by atoms with Crippen LogP contribution in [0, 0.1) is 15.5 Å². The molecule has 0 N–H and O–H groups in total. The number of aryl methyl sites for hydroxylation is 1. The van der Waals surface area contributed by atoms with Gasteiger partial charge in [-0.05, 0) is 45.4 Å². The molecule has 1 aromatic rings. The Bertz CT molecular complexity index is 700. The molecule has 1 aromatic heterocycles. The molecule has 0 radical (unpaired) electrons. The smallest absolute Gasteiger partial charge is 0.410 e. The number of likely N-dealkylation sites (tertiary alicyclic amines) is 1.